The monoisotopic (exact) mass is 205 g/mol. The molecule has 1 rings (SSSR count). The molecule has 1 aromatic rings. The summed E-state index contributed by atoms with van der Waals surface area (Å²) in [6, 6.07) is 1.78. The van der Waals surface area contributed by atoms with Gasteiger partial charge in [0.2, 0.25) is 0 Å². The van der Waals surface area contributed by atoms with Crippen LogP contribution < -0.4 is 5.73 Å². The second kappa shape index (κ2) is 6.17. The lowest BCUT2D eigenvalue weighted by Crippen LogP contribution is -2.02. The van der Waals surface area contributed by atoms with Gasteiger partial charge in [-0.1, -0.05) is 26.2 Å². The summed E-state index contributed by atoms with van der Waals surface area (Å²) in [7, 11) is 0. The number of nitrogen functional groups attached to an aromatic ring is 1. The predicted octanol–water partition coefficient (Wildman–Crippen LogP) is 2.78. The molecule has 3 nitrogen and oxygen atoms in total. The highest BCUT2D eigenvalue weighted by Gasteiger charge is 2.03. The van der Waals surface area contributed by atoms with Gasteiger partial charge in [0.15, 0.2) is 0 Å². The summed E-state index contributed by atoms with van der Waals surface area (Å²) in [4.78, 5) is 4.26. The summed E-state index contributed by atoms with van der Waals surface area (Å²) >= 11 is 0. The van der Waals surface area contributed by atoms with Gasteiger partial charge in [0.1, 0.15) is 0 Å². The van der Waals surface area contributed by atoms with Crippen molar-refractivity contribution in [1.29, 1.82) is 5.41 Å². The molecule has 0 amide bonds. The molecule has 0 saturated carbocycles. The Morgan fingerprint density at radius 1 is 1.40 bits per heavy atom. The van der Waals surface area contributed by atoms with Crippen molar-refractivity contribution in [3.05, 3.63) is 23.5 Å². The van der Waals surface area contributed by atoms with Crippen molar-refractivity contribution in [2.45, 2.75) is 39.0 Å². The first kappa shape index (κ1) is 11.7. The Morgan fingerprint density at radius 3 is 2.87 bits per heavy atom. The van der Waals surface area contributed by atoms with Crippen LogP contribution >= 0.6 is 0 Å². The maximum Gasteiger partial charge on any atom is 0.0639 e. The Labute approximate surface area is 91.2 Å². The Bertz CT molecular complexity index is 321. The van der Waals surface area contributed by atoms with Gasteiger partial charge in [-0.2, -0.15) is 0 Å². The summed E-state index contributed by atoms with van der Waals surface area (Å²) in [6.45, 7) is 2.20. The van der Waals surface area contributed by atoms with Crippen LogP contribution in [0.3, 0.4) is 0 Å². The summed E-state index contributed by atoms with van der Waals surface area (Å²) in [5, 5.41) is 7.19. The van der Waals surface area contributed by atoms with Crippen molar-refractivity contribution in [2.24, 2.45) is 0 Å². The van der Waals surface area contributed by atoms with Crippen LogP contribution in [0.25, 0.3) is 0 Å². The first-order valence-electron chi connectivity index (χ1n) is 5.53. The Kier molecular flexibility index (Phi) is 4.81. The van der Waals surface area contributed by atoms with Crippen molar-refractivity contribution >= 4 is 11.9 Å². The molecule has 82 valence electrons. The number of rotatable bonds is 6. The quantitative estimate of drug-likeness (QED) is 0.554. The average Bonchev–Trinajstić information content (AvgIpc) is 2.26. The zero-order valence-corrected chi connectivity index (χ0v) is 9.29. The number of hydrogen-bond donors (Lipinski definition) is 2. The third-order valence-electron chi connectivity index (χ3n) is 2.53. The zero-order chi connectivity index (χ0) is 11.1. The first-order chi connectivity index (χ1) is 7.29. The second-order valence-corrected chi connectivity index (χ2v) is 3.72. The van der Waals surface area contributed by atoms with Gasteiger partial charge in [-0.15, -0.1) is 0 Å². The van der Waals surface area contributed by atoms with Crippen molar-refractivity contribution in [1.82, 2.24) is 4.98 Å². The third-order valence-corrected chi connectivity index (χ3v) is 2.53. The molecule has 3 N–H and O–H groups in total. The van der Waals surface area contributed by atoms with E-state index in [1.807, 2.05) is 0 Å². The van der Waals surface area contributed by atoms with Gasteiger partial charge in [0.05, 0.1) is 11.4 Å². The molecular weight excluding hydrogens is 186 g/mol. The molecule has 0 aliphatic carbocycles. The Morgan fingerprint density at radius 2 is 2.20 bits per heavy atom. The molecule has 0 aliphatic rings. The van der Waals surface area contributed by atoms with Gasteiger partial charge < -0.3 is 11.1 Å². The normalized spacial score (nSPS) is 10.2. The Balaban J connectivity index is 2.57. The van der Waals surface area contributed by atoms with E-state index in [0.29, 0.717) is 5.69 Å². The van der Waals surface area contributed by atoms with Gasteiger partial charge in [0.25, 0.3) is 0 Å². The smallest absolute Gasteiger partial charge is 0.0639 e. The van der Waals surface area contributed by atoms with E-state index in [1.165, 1.54) is 25.5 Å². The van der Waals surface area contributed by atoms with E-state index in [0.717, 1.165) is 24.1 Å². The van der Waals surface area contributed by atoms with Gasteiger partial charge in [-0.05, 0) is 18.9 Å². The largest absolute Gasteiger partial charge is 0.397 e. The standard InChI is InChI=1S/C12H19N3/c1-2-3-4-5-6-11-12(14)10(9-13)7-8-15-11/h7-9,13H,2-6,14H2,1H3. The third kappa shape index (κ3) is 3.35. The molecule has 0 fully saturated rings. The van der Waals surface area contributed by atoms with Crippen molar-refractivity contribution in [3.63, 3.8) is 0 Å². The fourth-order valence-electron chi connectivity index (χ4n) is 1.58. The molecule has 1 aromatic heterocycles. The van der Waals surface area contributed by atoms with E-state index in [2.05, 4.69) is 11.9 Å². The zero-order valence-electron chi connectivity index (χ0n) is 9.29. The molecule has 0 atom stereocenters. The molecular formula is C12H19N3. The molecule has 0 radical (unpaired) electrons. The summed E-state index contributed by atoms with van der Waals surface area (Å²) < 4.78 is 0. The van der Waals surface area contributed by atoms with Crippen LogP contribution in [-0.2, 0) is 6.42 Å². The molecule has 1 heterocycles. The molecule has 0 aromatic carbocycles. The minimum Gasteiger partial charge on any atom is -0.397 e. The lowest BCUT2D eigenvalue weighted by molar-refractivity contribution is 0.661. The van der Waals surface area contributed by atoms with Crippen LogP contribution in [0.4, 0.5) is 5.69 Å². The fourth-order valence-corrected chi connectivity index (χ4v) is 1.58. The molecule has 15 heavy (non-hydrogen) atoms. The number of nitrogens with one attached hydrogen (secondary N) is 1. The predicted molar refractivity (Wildman–Crippen MR) is 64.4 cm³/mol. The minimum absolute atomic E-state index is 0.670. The summed E-state index contributed by atoms with van der Waals surface area (Å²) in [5.74, 6) is 0. The summed E-state index contributed by atoms with van der Waals surface area (Å²) in [5.41, 5.74) is 8.28. The number of aromatic nitrogens is 1. The minimum atomic E-state index is 0.670. The van der Waals surface area contributed by atoms with E-state index < -0.39 is 0 Å². The van der Waals surface area contributed by atoms with Crippen molar-refractivity contribution in [3.8, 4) is 0 Å². The number of hydrogen-bond acceptors (Lipinski definition) is 3. The lowest BCUT2D eigenvalue weighted by atomic mass is 10.1. The van der Waals surface area contributed by atoms with E-state index in [9.17, 15) is 0 Å². The molecule has 0 aliphatic heterocycles. The maximum atomic E-state index is 7.19. The maximum absolute atomic E-state index is 7.19. The highest BCUT2D eigenvalue weighted by molar-refractivity contribution is 5.85. The number of nitrogens with two attached hydrogens (primary N) is 1. The second-order valence-electron chi connectivity index (χ2n) is 3.72. The summed E-state index contributed by atoms with van der Waals surface area (Å²) in [6.07, 6.45) is 8.80. The number of nitrogens with zero attached hydrogens (tertiary/aromatic N) is 1. The van der Waals surface area contributed by atoms with Gasteiger partial charge in [0, 0.05) is 18.0 Å². The number of unbranched alkanes of at least 4 members (excludes halogenated alkanes) is 3. The number of anilines is 1. The highest BCUT2D eigenvalue weighted by atomic mass is 14.7. The van der Waals surface area contributed by atoms with Crippen LogP contribution in [0.15, 0.2) is 12.3 Å². The number of pyridine rings is 1. The SMILES string of the molecule is CCCCCCc1nccc(C=N)c1N. The molecule has 0 spiro atoms. The van der Waals surface area contributed by atoms with E-state index in [1.54, 1.807) is 12.3 Å². The first-order valence-corrected chi connectivity index (χ1v) is 5.53. The Hall–Kier alpha value is -1.38. The molecule has 0 bridgehead atoms. The van der Waals surface area contributed by atoms with Crippen LogP contribution in [-0.4, -0.2) is 11.2 Å². The van der Waals surface area contributed by atoms with Crippen LogP contribution in [0, 0.1) is 5.41 Å². The van der Waals surface area contributed by atoms with Gasteiger partial charge >= 0.3 is 0 Å². The van der Waals surface area contributed by atoms with E-state index in [4.69, 9.17) is 11.1 Å². The fraction of sp³-hybridized carbons (Fsp3) is 0.500. The van der Waals surface area contributed by atoms with Crippen molar-refractivity contribution in [2.75, 3.05) is 5.73 Å². The van der Waals surface area contributed by atoms with Crippen LogP contribution in [0.5, 0.6) is 0 Å². The molecule has 0 unspecified atom stereocenters. The van der Waals surface area contributed by atoms with Gasteiger partial charge in [-0.3, -0.25) is 4.98 Å². The molecule has 3 heteroatoms. The average molecular weight is 205 g/mol. The van der Waals surface area contributed by atoms with E-state index in [-0.39, 0.29) is 0 Å². The van der Waals surface area contributed by atoms with Gasteiger partial charge in [-0.25, -0.2) is 0 Å². The van der Waals surface area contributed by atoms with Crippen LogP contribution in [0.2, 0.25) is 0 Å². The molecule has 0 saturated heterocycles. The van der Waals surface area contributed by atoms with Crippen molar-refractivity contribution < 1.29 is 0 Å². The van der Waals surface area contributed by atoms with E-state index >= 15 is 0 Å². The number of aryl methyl sites for hydroxylation is 1. The topological polar surface area (TPSA) is 62.8 Å². The lowest BCUT2D eigenvalue weighted by Gasteiger charge is -2.06. The highest BCUT2D eigenvalue weighted by Crippen LogP contribution is 2.15. The van der Waals surface area contributed by atoms with Crippen LogP contribution in [0.1, 0.15) is 43.9 Å².